The Morgan fingerprint density at radius 3 is 1.11 bits per heavy atom. The summed E-state index contributed by atoms with van der Waals surface area (Å²) in [5.41, 5.74) is 2.53. The van der Waals surface area contributed by atoms with Gasteiger partial charge in [-0.05, 0) is 106 Å². The van der Waals surface area contributed by atoms with E-state index in [1.807, 2.05) is 52.0 Å². The van der Waals surface area contributed by atoms with E-state index in [0.717, 1.165) is 23.7 Å². The number of hydrogen-bond donors (Lipinski definition) is 4. The fourth-order valence-electron chi connectivity index (χ4n) is 5.35. The predicted octanol–water partition coefficient (Wildman–Crippen LogP) is 9.82. The van der Waals surface area contributed by atoms with E-state index in [2.05, 4.69) is 108 Å². The maximum absolute atomic E-state index is 10.5. The van der Waals surface area contributed by atoms with E-state index in [0.29, 0.717) is 11.1 Å². The van der Waals surface area contributed by atoms with E-state index in [4.69, 9.17) is 5.11 Å². The molecule has 0 bridgehead atoms. The zero-order chi connectivity index (χ0) is 45.2. The third-order valence-corrected chi connectivity index (χ3v) is 12.9. The number of benzene rings is 5. The standard InChI is InChI=1S/C30H30NO2P.C13H19NO2.2BF4.Zn/c1-30(2,23-32)31-21-25-20-24(18-19-29(25)33)22-34(26-12-6-3-7-13-26,27-14-8-4-9-15-27)28-16-10-5-11-17-28;1-4-10-5-6-12(16)11(7-10)8-14-13(2,3)9-15;2*2-1(3,4)5;/h3-21,32H,22-23H2,1-2H3;5-8,15-16H,4,9H2,1-3H3;;;/q;;2*-1;/p+1. The summed E-state index contributed by atoms with van der Waals surface area (Å²) in [5.74, 6) is 0.402. The first-order valence-electron chi connectivity index (χ1n) is 18.7. The summed E-state index contributed by atoms with van der Waals surface area (Å²) in [6.45, 7) is 9.38. The number of hydrogen-bond acceptors (Lipinski definition) is 6. The zero-order valence-corrected chi connectivity index (χ0v) is 38.5. The second-order valence-corrected chi connectivity index (χ2v) is 18.0. The van der Waals surface area contributed by atoms with Crippen LogP contribution in [-0.4, -0.2) is 71.7 Å². The largest absolute Gasteiger partial charge is 0.673 e. The van der Waals surface area contributed by atoms with Gasteiger partial charge < -0.3 is 55.0 Å². The Balaban J connectivity index is 0.000000570. The van der Waals surface area contributed by atoms with Gasteiger partial charge in [-0.2, -0.15) is 0 Å². The quantitative estimate of drug-likeness (QED) is 0.0433. The summed E-state index contributed by atoms with van der Waals surface area (Å²) < 4.78 is 78.0. The normalized spacial score (nSPS) is 12.0. The Bertz CT molecular complexity index is 1980. The molecule has 0 aliphatic carbocycles. The first-order chi connectivity index (χ1) is 27.9. The molecule has 0 saturated heterocycles. The molecule has 0 spiro atoms. The predicted molar refractivity (Wildman–Crippen MR) is 232 cm³/mol. The molecule has 5 rings (SSSR count). The summed E-state index contributed by atoms with van der Waals surface area (Å²) in [7, 11) is -14.0. The number of aliphatic hydroxyl groups is 2. The molecule has 0 fully saturated rings. The summed E-state index contributed by atoms with van der Waals surface area (Å²) in [4.78, 5) is 8.74. The Morgan fingerprint density at radius 2 is 0.820 bits per heavy atom. The summed E-state index contributed by atoms with van der Waals surface area (Å²) >= 11 is 0. The van der Waals surface area contributed by atoms with Crippen LogP contribution in [0, 0.1) is 0 Å². The molecule has 0 aliphatic heterocycles. The molecule has 0 unspecified atom stereocenters. The van der Waals surface area contributed by atoms with Crippen LogP contribution in [0.3, 0.4) is 0 Å². The van der Waals surface area contributed by atoms with E-state index < -0.39 is 32.8 Å². The van der Waals surface area contributed by atoms with Crippen molar-refractivity contribution in [3.63, 3.8) is 0 Å². The molecular weight excluding hydrogens is 878 g/mol. The molecule has 0 aromatic heterocycles. The van der Waals surface area contributed by atoms with Crippen LogP contribution in [0.1, 0.15) is 56.9 Å². The van der Waals surface area contributed by atoms with Crippen molar-refractivity contribution >= 4 is 50.1 Å². The van der Waals surface area contributed by atoms with Gasteiger partial charge in [-0.1, -0.05) is 73.7 Å². The average Bonchev–Trinajstić information content (AvgIpc) is 3.20. The number of phenols is 2. The van der Waals surface area contributed by atoms with Gasteiger partial charge in [0.15, 0.2) is 0 Å². The molecule has 0 radical (unpaired) electrons. The number of nitrogens with zero attached hydrogens (tertiary/aromatic N) is 2. The first-order valence-corrected chi connectivity index (χ1v) is 20.7. The van der Waals surface area contributed by atoms with Crippen molar-refractivity contribution in [3.05, 3.63) is 150 Å². The van der Waals surface area contributed by atoms with Gasteiger partial charge in [0.1, 0.15) is 34.7 Å². The van der Waals surface area contributed by atoms with Gasteiger partial charge in [0, 0.05) is 43.0 Å². The molecular formula is C43H50B2F8N2O4PZn-. The number of halogens is 8. The van der Waals surface area contributed by atoms with Gasteiger partial charge in [0.05, 0.1) is 30.5 Å². The molecule has 6 nitrogen and oxygen atoms in total. The van der Waals surface area contributed by atoms with E-state index in [1.165, 1.54) is 15.9 Å². The monoisotopic (exact) mass is 927 g/mol. The SMILES string of the molecule is CC(C)(CO)N=Cc1cc(C[P+](c2ccccc2)(c2ccccc2)c2ccccc2)ccc1O.CCc1ccc(O)c(C=NC(C)(C)CO)c1.F[B-](F)(F)F.F[B-](F)(F)F.[Zn]. The van der Waals surface area contributed by atoms with Crippen molar-refractivity contribution in [1.29, 1.82) is 0 Å². The van der Waals surface area contributed by atoms with E-state index in [1.54, 1.807) is 24.6 Å². The Kier molecular flexibility index (Phi) is 22.3. The maximum Gasteiger partial charge on any atom is 0.673 e. The molecule has 5 aromatic carbocycles. The number of aryl methyl sites for hydroxylation is 1. The molecule has 4 N–H and O–H groups in total. The number of phenolic OH excluding ortho intramolecular Hbond substituents is 2. The van der Waals surface area contributed by atoms with Crippen LogP contribution in [-0.2, 0) is 32.1 Å². The zero-order valence-electron chi connectivity index (χ0n) is 34.6. The average molecular weight is 929 g/mol. The van der Waals surface area contributed by atoms with Crippen molar-refractivity contribution in [3.8, 4) is 11.5 Å². The number of aliphatic hydroxyl groups excluding tert-OH is 2. The fraction of sp³-hybridized carbons (Fsp3) is 0.256. The van der Waals surface area contributed by atoms with E-state index >= 15 is 0 Å². The molecule has 61 heavy (non-hydrogen) atoms. The van der Waals surface area contributed by atoms with Crippen LogP contribution in [0.25, 0.3) is 0 Å². The summed E-state index contributed by atoms with van der Waals surface area (Å²) in [5, 5.41) is 42.7. The van der Waals surface area contributed by atoms with Crippen molar-refractivity contribution < 1.29 is 74.4 Å². The minimum absolute atomic E-state index is 0. The molecule has 5 aromatic rings. The number of aliphatic imine (C=N–C) groups is 2. The molecule has 0 aliphatic rings. The van der Waals surface area contributed by atoms with E-state index in [9.17, 15) is 49.8 Å². The van der Waals surface area contributed by atoms with Gasteiger partial charge in [-0.15, -0.1) is 0 Å². The first kappa shape index (κ1) is 54.6. The number of aromatic hydroxyl groups is 2. The van der Waals surface area contributed by atoms with Crippen LogP contribution in [0.15, 0.2) is 137 Å². The summed E-state index contributed by atoms with van der Waals surface area (Å²) in [6, 6.07) is 43.5. The summed E-state index contributed by atoms with van der Waals surface area (Å²) in [6.07, 6.45) is 5.02. The van der Waals surface area contributed by atoms with Gasteiger partial charge in [-0.3, -0.25) is 9.98 Å². The third-order valence-electron chi connectivity index (χ3n) is 8.48. The topological polar surface area (TPSA) is 106 Å². The van der Waals surface area contributed by atoms with Crippen molar-refractivity contribution in [2.75, 3.05) is 13.2 Å². The Hall–Kier alpha value is -4.42. The Labute approximate surface area is 365 Å². The van der Waals surface area contributed by atoms with Crippen LogP contribution in [0.4, 0.5) is 34.5 Å². The van der Waals surface area contributed by atoms with Crippen LogP contribution < -0.4 is 15.9 Å². The van der Waals surface area contributed by atoms with Crippen molar-refractivity contribution in [2.45, 2.75) is 58.3 Å². The number of rotatable bonds is 12. The van der Waals surface area contributed by atoms with Crippen molar-refractivity contribution in [1.82, 2.24) is 0 Å². The molecule has 0 atom stereocenters. The Morgan fingerprint density at radius 1 is 0.525 bits per heavy atom. The second kappa shape index (κ2) is 24.9. The molecule has 0 saturated carbocycles. The van der Waals surface area contributed by atoms with Crippen LogP contribution in [0.5, 0.6) is 11.5 Å². The van der Waals surface area contributed by atoms with Crippen LogP contribution >= 0.6 is 7.26 Å². The van der Waals surface area contributed by atoms with E-state index in [-0.39, 0.29) is 44.2 Å². The maximum atomic E-state index is 10.5. The van der Waals surface area contributed by atoms with Crippen molar-refractivity contribution in [2.24, 2.45) is 9.98 Å². The molecule has 0 amide bonds. The van der Waals surface area contributed by atoms with Gasteiger partial charge >= 0.3 is 14.5 Å². The van der Waals surface area contributed by atoms with Crippen LogP contribution in [0.2, 0.25) is 0 Å². The fourth-order valence-corrected chi connectivity index (χ4v) is 9.58. The molecule has 0 heterocycles. The van der Waals surface area contributed by atoms with Gasteiger partial charge in [0.2, 0.25) is 0 Å². The van der Waals surface area contributed by atoms with Gasteiger partial charge in [-0.25, -0.2) is 0 Å². The second-order valence-electron chi connectivity index (χ2n) is 14.6. The molecule has 326 valence electrons. The van der Waals surface area contributed by atoms with Gasteiger partial charge in [0.25, 0.3) is 0 Å². The minimum atomic E-state index is -6.00. The third kappa shape index (κ3) is 20.3. The minimum Gasteiger partial charge on any atom is -0.507 e. The smallest absolute Gasteiger partial charge is 0.507 e. The molecule has 18 heteroatoms.